The summed E-state index contributed by atoms with van der Waals surface area (Å²) in [6, 6.07) is 12.3. The molecule has 0 aliphatic heterocycles. The second-order valence-electron chi connectivity index (χ2n) is 5.31. The highest BCUT2D eigenvalue weighted by Crippen LogP contribution is 2.13. The van der Waals surface area contributed by atoms with Crippen LogP contribution in [0.25, 0.3) is 0 Å². The number of amides is 1. The van der Waals surface area contributed by atoms with Gasteiger partial charge in [-0.25, -0.2) is 0 Å². The minimum Gasteiger partial charge on any atom is -0.384 e. The van der Waals surface area contributed by atoms with Gasteiger partial charge >= 0.3 is 0 Å². The summed E-state index contributed by atoms with van der Waals surface area (Å²) in [4.78, 5) is 18.4. The van der Waals surface area contributed by atoms with Crippen molar-refractivity contribution >= 4 is 17.3 Å². The molecule has 2 rings (SSSR count). The number of nitriles is 1. The maximum atomic E-state index is 12.3. The fourth-order valence-electron chi connectivity index (χ4n) is 1.95. The van der Waals surface area contributed by atoms with Gasteiger partial charge in [0.1, 0.15) is 5.69 Å². The van der Waals surface area contributed by atoms with Gasteiger partial charge in [-0.1, -0.05) is 6.07 Å². The monoisotopic (exact) mass is 309 g/mol. The summed E-state index contributed by atoms with van der Waals surface area (Å²) in [6.07, 6.45) is 1.60. The molecule has 0 aliphatic carbocycles. The van der Waals surface area contributed by atoms with Gasteiger partial charge in [0.2, 0.25) is 0 Å². The Labute approximate surface area is 135 Å². The Morgan fingerprint density at radius 2 is 2.09 bits per heavy atom. The van der Waals surface area contributed by atoms with E-state index in [4.69, 9.17) is 5.26 Å². The first-order valence-corrected chi connectivity index (χ1v) is 7.24. The van der Waals surface area contributed by atoms with Gasteiger partial charge in [0, 0.05) is 30.7 Å². The normalized spacial score (nSPS) is 10.2. The van der Waals surface area contributed by atoms with Gasteiger partial charge < -0.3 is 15.5 Å². The Bertz CT molecular complexity index is 721. The molecule has 1 amide bonds. The molecule has 0 bridgehead atoms. The Hall–Kier alpha value is -2.91. The molecule has 6 heteroatoms. The van der Waals surface area contributed by atoms with E-state index in [0.29, 0.717) is 16.9 Å². The number of hydrogen-bond donors (Lipinski definition) is 2. The van der Waals surface area contributed by atoms with Crippen molar-refractivity contribution in [1.82, 2.24) is 9.88 Å². The van der Waals surface area contributed by atoms with Crippen LogP contribution in [0.2, 0.25) is 0 Å². The smallest absolute Gasteiger partial charge is 0.274 e. The van der Waals surface area contributed by atoms with E-state index in [1.54, 1.807) is 36.5 Å². The highest BCUT2D eigenvalue weighted by Gasteiger charge is 2.09. The van der Waals surface area contributed by atoms with Crippen molar-refractivity contribution in [3.05, 3.63) is 53.9 Å². The molecule has 0 fully saturated rings. The van der Waals surface area contributed by atoms with Crippen LogP contribution in [0.3, 0.4) is 0 Å². The van der Waals surface area contributed by atoms with E-state index in [1.807, 2.05) is 26.2 Å². The number of anilines is 2. The fraction of sp³-hybridized carbons (Fsp3) is 0.235. The van der Waals surface area contributed by atoms with E-state index in [0.717, 1.165) is 18.8 Å². The largest absolute Gasteiger partial charge is 0.384 e. The van der Waals surface area contributed by atoms with Gasteiger partial charge in [-0.3, -0.25) is 9.78 Å². The number of likely N-dealkylation sites (N-methyl/N-ethyl adjacent to an activating group) is 1. The average Bonchev–Trinajstić information content (AvgIpc) is 2.55. The van der Waals surface area contributed by atoms with Crippen LogP contribution in [0.4, 0.5) is 11.4 Å². The molecule has 0 atom stereocenters. The summed E-state index contributed by atoms with van der Waals surface area (Å²) in [5, 5.41) is 14.9. The second-order valence-corrected chi connectivity index (χ2v) is 5.31. The molecule has 0 aliphatic rings. The van der Waals surface area contributed by atoms with Crippen LogP contribution in [0.15, 0.2) is 42.6 Å². The molecular formula is C17H19N5O. The SMILES string of the molecule is CN(C)CCNc1ccnc(C(=O)Nc2cccc(C#N)c2)c1. The highest BCUT2D eigenvalue weighted by atomic mass is 16.1. The number of hydrogen-bond acceptors (Lipinski definition) is 5. The zero-order chi connectivity index (χ0) is 16.7. The van der Waals surface area contributed by atoms with Crippen LogP contribution in [0.1, 0.15) is 16.1 Å². The first kappa shape index (κ1) is 16.5. The molecule has 23 heavy (non-hydrogen) atoms. The number of pyridine rings is 1. The summed E-state index contributed by atoms with van der Waals surface area (Å²) >= 11 is 0. The molecule has 1 aromatic carbocycles. The molecule has 2 aromatic rings. The van der Waals surface area contributed by atoms with Crippen LogP contribution in [-0.2, 0) is 0 Å². The fourth-order valence-corrected chi connectivity index (χ4v) is 1.95. The molecule has 0 saturated carbocycles. The van der Waals surface area contributed by atoms with E-state index < -0.39 is 0 Å². The van der Waals surface area contributed by atoms with Crippen LogP contribution in [0, 0.1) is 11.3 Å². The standard InChI is InChI=1S/C17H19N5O/c1-22(2)9-8-19-14-6-7-20-16(11-14)17(23)21-15-5-3-4-13(10-15)12-18/h3-7,10-11H,8-9H2,1-2H3,(H,19,20)(H,21,23). The summed E-state index contributed by atoms with van der Waals surface area (Å²) in [5.74, 6) is -0.309. The predicted octanol–water partition coefficient (Wildman–Crippen LogP) is 2.18. The zero-order valence-electron chi connectivity index (χ0n) is 13.2. The van der Waals surface area contributed by atoms with Crippen molar-refractivity contribution in [1.29, 1.82) is 5.26 Å². The molecule has 0 radical (unpaired) electrons. The van der Waals surface area contributed by atoms with Gasteiger partial charge in [0.25, 0.3) is 5.91 Å². The van der Waals surface area contributed by atoms with E-state index in [2.05, 4.69) is 20.5 Å². The molecule has 0 saturated heterocycles. The molecule has 1 heterocycles. The number of carbonyl (C=O) groups excluding carboxylic acids is 1. The number of nitrogens with one attached hydrogen (secondary N) is 2. The third kappa shape index (κ3) is 5.09. The first-order valence-electron chi connectivity index (χ1n) is 7.24. The van der Waals surface area contributed by atoms with E-state index >= 15 is 0 Å². The second kappa shape index (κ2) is 7.92. The number of carbonyl (C=O) groups is 1. The molecule has 1 aromatic heterocycles. The topological polar surface area (TPSA) is 81.1 Å². The quantitative estimate of drug-likeness (QED) is 0.855. The maximum Gasteiger partial charge on any atom is 0.274 e. The van der Waals surface area contributed by atoms with E-state index in [9.17, 15) is 4.79 Å². The van der Waals surface area contributed by atoms with Crippen LogP contribution in [-0.4, -0.2) is 43.0 Å². The first-order chi connectivity index (χ1) is 11.1. The average molecular weight is 309 g/mol. The molecular weight excluding hydrogens is 290 g/mol. The Morgan fingerprint density at radius 3 is 2.83 bits per heavy atom. The summed E-state index contributed by atoms with van der Waals surface area (Å²) < 4.78 is 0. The highest BCUT2D eigenvalue weighted by molar-refractivity contribution is 6.03. The molecule has 6 nitrogen and oxygen atoms in total. The van der Waals surface area contributed by atoms with Crippen LogP contribution < -0.4 is 10.6 Å². The van der Waals surface area contributed by atoms with Crippen molar-refractivity contribution in [2.24, 2.45) is 0 Å². The predicted molar refractivity (Wildman–Crippen MR) is 90.4 cm³/mol. The minimum absolute atomic E-state index is 0.309. The summed E-state index contributed by atoms with van der Waals surface area (Å²) in [7, 11) is 4.00. The summed E-state index contributed by atoms with van der Waals surface area (Å²) in [5.41, 5.74) is 2.23. The lowest BCUT2D eigenvalue weighted by Gasteiger charge is -2.12. The maximum absolute atomic E-state index is 12.3. The van der Waals surface area contributed by atoms with Gasteiger partial charge in [0.05, 0.1) is 11.6 Å². The van der Waals surface area contributed by atoms with Gasteiger partial charge in [0.15, 0.2) is 0 Å². The molecule has 2 N–H and O–H groups in total. The van der Waals surface area contributed by atoms with E-state index in [-0.39, 0.29) is 5.91 Å². The number of benzene rings is 1. The third-order valence-electron chi connectivity index (χ3n) is 3.13. The lowest BCUT2D eigenvalue weighted by atomic mass is 10.2. The Balaban J connectivity index is 2.03. The molecule has 0 unspecified atom stereocenters. The van der Waals surface area contributed by atoms with Crippen LogP contribution in [0.5, 0.6) is 0 Å². The lowest BCUT2D eigenvalue weighted by molar-refractivity contribution is 0.102. The van der Waals surface area contributed by atoms with Crippen molar-refractivity contribution in [2.75, 3.05) is 37.8 Å². The van der Waals surface area contributed by atoms with Gasteiger partial charge in [-0.05, 0) is 44.4 Å². The van der Waals surface area contributed by atoms with Crippen molar-refractivity contribution < 1.29 is 4.79 Å². The molecule has 118 valence electrons. The Kier molecular flexibility index (Phi) is 5.67. The third-order valence-corrected chi connectivity index (χ3v) is 3.13. The number of nitrogens with zero attached hydrogens (tertiary/aromatic N) is 3. The van der Waals surface area contributed by atoms with Crippen molar-refractivity contribution in [2.45, 2.75) is 0 Å². The summed E-state index contributed by atoms with van der Waals surface area (Å²) in [6.45, 7) is 1.67. The minimum atomic E-state index is -0.309. The molecule has 0 spiro atoms. The van der Waals surface area contributed by atoms with Crippen molar-refractivity contribution in [3.63, 3.8) is 0 Å². The zero-order valence-corrected chi connectivity index (χ0v) is 13.2. The van der Waals surface area contributed by atoms with Crippen molar-refractivity contribution in [3.8, 4) is 6.07 Å². The van der Waals surface area contributed by atoms with E-state index in [1.165, 1.54) is 0 Å². The number of rotatable bonds is 6. The Morgan fingerprint density at radius 1 is 1.26 bits per heavy atom. The number of aromatic nitrogens is 1. The van der Waals surface area contributed by atoms with Crippen LogP contribution >= 0.6 is 0 Å². The van der Waals surface area contributed by atoms with Gasteiger partial charge in [-0.2, -0.15) is 5.26 Å². The van der Waals surface area contributed by atoms with Gasteiger partial charge in [-0.15, -0.1) is 0 Å². The lowest BCUT2D eigenvalue weighted by Crippen LogP contribution is -2.21.